The number of carbonyl (C=O) groups excluding carboxylic acids is 1. The van der Waals surface area contributed by atoms with E-state index < -0.39 is 9.15 Å². The van der Waals surface area contributed by atoms with E-state index in [4.69, 9.17) is 4.55 Å². The molecule has 0 aromatic heterocycles. The molecule has 0 aromatic carbocycles. The van der Waals surface area contributed by atoms with Gasteiger partial charge >= 0.3 is 9.15 Å². The molecule has 1 N–H and O–H groups in total. The lowest BCUT2D eigenvalue weighted by molar-refractivity contribution is -0.127. The molecule has 3 rings (SSSR count). The first-order valence-corrected chi connectivity index (χ1v) is 13.9. The van der Waals surface area contributed by atoms with Crippen LogP contribution in [0.25, 0.3) is 0 Å². The third kappa shape index (κ3) is 4.46. The molecule has 3 aliphatic carbocycles. The minimum Gasteiger partial charge on any atom is -0.298 e. The number of carbonyl (C=O) groups is 1. The van der Waals surface area contributed by atoms with Gasteiger partial charge in [0.2, 0.25) is 0 Å². The van der Waals surface area contributed by atoms with Crippen LogP contribution in [0.4, 0.5) is 4.39 Å². The fraction of sp³-hybridized carbons (Fsp3) is 0.952. The van der Waals surface area contributed by atoms with Crippen molar-refractivity contribution < 1.29 is 22.2 Å². The van der Waals surface area contributed by atoms with Gasteiger partial charge in [0.15, 0.2) is 0 Å². The first-order chi connectivity index (χ1) is 13.2. The number of hydrogen-bond acceptors (Lipinski definition) is 4. The highest BCUT2D eigenvalue weighted by Gasteiger charge is 2.57. The summed E-state index contributed by atoms with van der Waals surface area (Å²) in [5.41, 5.74) is -0.0539. The molecule has 0 heterocycles. The second kappa shape index (κ2) is 8.93. The van der Waals surface area contributed by atoms with Crippen LogP contribution in [0.5, 0.6) is 0 Å². The third-order valence-electron chi connectivity index (χ3n) is 8.36. The average Bonchev–Trinajstić information content (AvgIpc) is 2.98. The number of Topliss-reactive ketones (excluding diaryl/α,β-unsaturated/α-hetero) is 1. The minimum absolute atomic E-state index is 0.0256. The number of fused-ring (bicyclic) bond motifs is 3. The Kier molecular flexibility index (Phi) is 7.19. The first-order valence-electron chi connectivity index (χ1n) is 10.9. The zero-order chi connectivity index (χ0) is 20.5. The Bertz CT molecular complexity index is 667. The Morgan fingerprint density at radius 3 is 2.54 bits per heavy atom. The van der Waals surface area contributed by atoms with Crippen molar-refractivity contribution in [1.82, 2.24) is 0 Å². The Hall–Kier alpha value is -0.140. The van der Waals surface area contributed by atoms with E-state index in [0.29, 0.717) is 46.8 Å². The number of halogens is 1. The fourth-order valence-corrected chi connectivity index (χ4v) is 8.54. The molecule has 0 aromatic rings. The molecule has 6 unspecified atom stereocenters. The van der Waals surface area contributed by atoms with Crippen molar-refractivity contribution in [3.05, 3.63) is 0 Å². The number of hydrogen-bond donors (Lipinski definition) is 1. The molecule has 0 amide bonds. The summed E-state index contributed by atoms with van der Waals surface area (Å²) in [4.78, 5) is 12.8. The van der Waals surface area contributed by atoms with E-state index in [-0.39, 0.29) is 29.5 Å². The van der Waals surface area contributed by atoms with Crippen LogP contribution in [0.15, 0.2) is 0 Å². The zero-order valence-corrected chi connectivity index (χ0v) is 18.7. The molecular weight excluding hydrogens is 399 g/mol. The quantitative estimate of drug-likeness (QED) is 0.413. The van der Waals surface area contributed by atoms with E-state index in [1.165, 1.54) is 6.42 Å². The van der Waals surface area contributed by atoms with Crippen molar-refractivity contribution in [2.75, 3.05) is 12.4 Å². The Morgan fingerprint density at radius 1 is 1.14 bits per heavy atom. The molecule has 0 radical (unpaired) electrons. The Labute approximate surface area is 172 Å². The molecule has 4 nitrogen and oxygen atoms in total. The number of alkyl halides is 1. The summed E-state index contributed by atoms with van der Waals surface area (Å²) in [7, 11) is -3.83. The van der Waals surface area contributed by atoms with Crippen LogP contribution in [-0.2, 0) is 13.9 Å². The van der Waals surface area contributed by atoms with Crippen LogP contribution in [0.2, 0.25) is 0 Å². The predicted molar refractivity (Wildman–Crippen MR) is 111 cm³/mol. The monoisotopic (exact) mass is 434 g/mol. The van der Waals surface area contributed by atoms with Gasteiger partial charge in [0, 0.05) is 16.7 Å². The summed E-state index contributed by atoms with van der Waals surface area (Å²) in [5.74, 6) is 2.65. The zero-order valence-electron chi connectivity index (χ0n) is 17.1. The number of rotatable bonds is 8. The van der Waals surface area contributed by atoms with Gasteiger partial charge in [-0.3, -0.25) is 13.7 Å². The number of ketones is 1. The van der Waals surface area contributed by atoms with Gasteiger partial charge < -0.3 is 0 Å². The van der Waals surface area contributed by atoms with Gasteiger partial charge in [-0.25, -0.2) is 0 Å². The highest BCUT2D eigenvalue weighted by atomic mass is 33.1. The summed E-state index contributed by atoms with van der Waals surface area (Å²) >= 11 is 0. The highest BCUT2D eigenvalue weighted by Crippen LogP contribution is 2.63. The summed E-state index contributed by atoms with van der Waals surface area (Å²) in [6.45, 7) is 4.25. The van der Waals surface area contributed by atoms with Crippen LogP contribution in [0, 0.1) is 40.9 Å². The standard InChI is InChI=1S/C21H35FO4S2/c1-3-4-15-14(10-12-22)5-6-17-16(15)9-11-21(2)18(17)7-8-19(21)20(23)13-27-28(24,25)26/h14-19H,3-13H2,1-2H3,(H,24,25,26)/t14?,15?,16?,17?,18?,19-,21?/m1/s1. The SMILES string of the molecule is CCCC1C(CCF)CCC2C1CCC1(C)C2CC[C@@H]1C(=O)CSS(=O)(=O)O. The molecule has 162 valence electrons. The fourth-order valence-electron chi connectivity index (χ4n) is 7.28. The summed E-state index contributed by atoms with van der Waals surface area (Å²) in [6, 6.07) is 0. The second-order valence-corrected chi connectivity index (χ2v) is 12.9. The first kappa shape index (κ1) is 22.5. The Balaban J connectivity index is 1.74. The van der Waals surface area contributed by atoms with Crippen LogP contribution in [0.1, 0.15) is 71.6 Å². The van der Waals surface area contributed by atoms with Crippen molar-refractivity contribution in [2.45, 2.75) is 71.6 Å². The molecule has 0 aliphatic heterocycles. The van der Waals surface area contributed by atoms with Gasteiger partial charge in [0.1, 0.15) is 5.78 Å². The largest absolute Gasteiger partial charge is 0.320 e. The van der Waals surface area contributed by atoms with Crippen molar-refractivity contribution in [3.8, 4) is 0 Å². The van der Waals surface area contributed by atoms with Gasteiger partial charge in [-0.05, 0) is 80.0 Å². The maximum absolute atomic E-state index is 13.1. The maximum atomic E-state index is 13.1. The second-order valence-electron chi connectivity index (χ2n) is 9.53. The van der Waals surface area contributed by atoms with Crippen LogP contribution < -0.4 is 0 Å². The van der Waals surface area contributed by atoms with Crippen molar-refractivity contribution in [1.29, 1.82) is 0 Å². The summed E-state index contributed by atoms with van der Waals surface area (Å²) in [6.07, 6.45) is 9.28. The van der Waals surface area contributed by atoms with Gasteiger partial charge in [-0.15, -0.1) is 0 Å². The van der Waals surface area contributed by atoms with E-state index in [1.807, 2.05) is 0 Å². The minimum atomic E-state index is -4.18. The molecule has 7 atom stereocenters. The van der Waals surface area contributed by atoms with Crippen LogP contribution in [-0.4, -0.2) is 31.2 Å². The molecule has 7 heteroatoms. The Morgan fingerprint density at radius 2 is 1.89 bits per heavy atom. The predicted octanol–water partition coefficient (Wildman–Crippen LogP) is 5.34. The van der Waals surface area contributed by atoms with Gasteiger partial charge in [-0.2, -0.15) is 8.42 Å². The third-order valence-corrected chi connectivity index (χ3v) is 10.3. The average molecular weight is 435 g/mol. The molecular formula is C21H35FO4S2. The van der Waals surface area contributed by atoms with E-state index in [1.54, 1.807) is 0 Å². The summed E-state index contributed by atoms with van der Waals surface area (Å²) in [5, 5.41) is 0. The molecule has 3 fully saturated rings. The van der Waals surface area contributed by atoms with Crippen molar-refractivity contribution in [3.63, 3.8) is 0 Å². The normalized spacial score (nSPS) is 40.7. The van der Waals surface area contributed by atoms with E-state index >= 15 is 0 Å². The summed E-state index contributed by atoms with van der Waals surface area (Å²) < 4.78 is 44.1. The van der Waals surface area contributed by atoms with Gasteiger partial charge in [-0.1, -0.05) is 26.7 Å². The molecule has 0 bridgehead atoms. The van der Waals surface area contributed by atoms with E-state index in [0.717, 1.165) is 44.9 Å². The lowest BCUT2D eigenvalue weighted by Crippen LogP contribution is -2.48. The maximum Gasteiger partial charge on any atom is 0.320 e. The van der Waals surface area contributed by atoms with Gasteiger partial charge in [0.05, 0.1) is 12.4 Å². The topological polar surface area (TPSA) is 71.4 Å². The van der Waals surface area contributed by atoms with Crippen molar-refractivity contribution >= 4 is 25.7 Å². The molecule has 0 spiro atoms. The van der Waals surface area contributed by atoms with Crippen molar-refractivity contribution in [2.24, 2.45) is 40.9 Å². The van der Waals surface area contributed by atoms with E-state index in [9.17, 15) is 17.6 Å². The van der Waals surface area contributed by atoms with Crippen LogP contribution in [0.3, 0.4) is 0 Å². The van der Waals surface area contributed by atoms with Gasteiger partial charge in [0.25, 0.3) is 0 Å². The lowest BCUT2D eigenvalue weighted by Gasteiger charge is -2.54. The smallest absolute Gasteiger partial charge is 0.298 e. The highest BCUT2D eigenvalue weighted by molar-refractivity contribution is 8.70. The molecule has 28 heavy (non-hydrogen) atoms. The molecule has 0 saturated heterocycles. The lowest BCUT2D eigenvalue weighted by atomic mass is 9.50. The van der Waals surface area contributed by atoms with Crippen LogP contribution >= 0.6 is 10.8 Å². The molecule has 3 saturated carbocycles. The molecule has 3 aliphatic rings. The van der Waals surface area contributed by atoms with E-state index in [2.05, 4.69) is 13.8 Å².